The van der Waals surface area contributed by atoms with Crippen LogP contribution in [-0.4, -0.2) is 58.1 Å². The second-order valence-electron chi connectivity index (χ2n) is 6.93. The van der Waals surface area contributed by atoms with Crippen molar-refractivity contribution in [3.63, 3.8) is 0 Å². The highest BCUT2D eigenvalue weighted by Gasteiger charge is 2.31. The molecule has 1 aliphatic heterocycles. The largest absolute Gasteiger partial charge is 0.497 e. The number of halogens is 1. The van der Waals surface area contributed by atoms with E-state index in [0.717, 1.165) is 16.4 Å². The Labute approximate surface area is 190 Å². The van der Waals surface area contributed by atoms with Crippen LogP contribution in [0.1, 0.15) is 0 Å². The number of nitrogens with zero attached hydrogens (tertiary/aromatic N) is 3. The molecule has 2 heterocycles. The number of anilines is 1. The lowest BCUT2D eigenvalue weighted by Gasteiger charge is -2.34. The van der Waals surface area contributed by atoms with Crippen LogP contribution < -0.4 is 14.4 Å². The molecule has 0 unspecified atom stereocenters. The van der Waals surface area contributed by atoms with Crippen LogP contribution in [0.5, 0.6) is 11.5 Å². The molecule has 0 aliphatic carbocycles. The molecule has 2 aromatic carbocycles. The molecule has 0 bridgehead atoms. The van der Waals surface area contributed by atoms with E-state index in [1.165, 1.54) is 24.6 Å². The van der Waals surface area contributed by atoms with E-state index in [1.807, 2.05) is 29.6 Å². The lowest BCUT2D eigenvalue weighted by atomic mass is 10.2. The van der Waals surface area contributed by atoms with Gasteiger partial charge in [0.05, 0.1) is 19.9 Å². The first-order chi connectivity index (χ1) is 14.9. The fraction of sp³-hybridized carbons (Fsp3) is 0.286. The summed E-state index contributed by atoms with van der Waals surface area (Å²) in [5.41, 5.74) is 1.88. The van der Waals surface area contributed by atoms with Gasteiger partial charge in [-0.15, -0.1) is 11.3 Å². The van der Waals surface area contributed by atoms with E-state index in [0.29, 0.717) is 37.0 Å². The minimum absolute atomic E-state index is 0.142. The van der Waals surface area contributed by atoms with Crippen LogP contribution in [0.15, 0.2) is 52.7 Å². The highest BCUT2D eigenvalue weighted by Crippen LogP contribution is 2.32. The second kappa shape index (κ2) is 9.04. The lowest BCUT2D eigenvalue weighted by molar-refractivity contribution is 0.370. The summed E-state index contributed by atoms with van der Waals surface area (Å²) in [6, 6.07) is 12.3. The van der Waals surface area contributed by atoms with Gasteiger partial charge in [0.1, 0.15) is 16.4 Å². The Morgan fingerprint density at radius 1 is 1.00 bits per heavy atom. The zero-order valence-electron chi connectivity index (χ0n) is 17.1. The van der Waals surface area contributed by atoms with Crippen LogP contribution >= 0.6 is 22.9 Å². The molecule has 0 atom stereocenters. The molecule has 0 amide bonds. The van der Waals surface area contributed by atoms with Gasteiger partial charge >= 0.3 is 0 Å². The number of hydrogen-bond donors (Lipinski definition) is 0. The number of ether oxygens (including phenoxy) is 2. The van der Waals surface area contributed by atoms with Gasteiger partial charge in [-0.2, -0.15) is 4.31 Å². The number of thiazole rings is 1. The van der Waals surface area contributed by atoms with Crippen molar-refractivity contribution in [3.05, 3.63) is 52.9 Å². The fourth-order valence-electron chi connectivity index (χ4n) is 3.41. The number of hydrogen-bond acceptors (Lipinski definition) is 7. The minimum Gasteiger partial charge on any atom is -0.497 e. The van der Waals surface area contributed by atoms with E-state index in [1.54, 1.807) is 23.5 Å². The van der Waals surface area contributed by atoms with Gasteiger partial charge in [-0.05, 0) is 24.3 Å². The highest BCUT2D eigenvalue weighted by molar-refractivity contribution is 7.89. The summed E-state index contributed by atoms with van der Waals surface area (Å²) in [6.45, 7) is 1.86. The van der Waals surface area contributed by atoms with Gasteiger partial charge in [0.15, 0.2) is 5.13 Å². The Hall–Kier alpha value is -2.33. The molecule has 10 heteroatoms. The van der Waals surface area contributed by atoms with Crippen molar-refractivity contribution in [1.82, 2.24) is 9.29 Å². The molecule has 0 spiro atoms. The average Bonchev–Trinajstić information content (AvgIpc) is 3.29. The molecular formula is C21H22ClN3O4S2. The molecule has 0 N–H and O–H groups in total. The maximum Gasteiger partial charge on any atom is 0.246 e. The molecule has 31 heavy (non-hydrogen) atoms. The van der Waals surface area contributed by atoms with Crippen LogP contribution in [0.4, 0.5) is 5.13 Å². The monoisotopic (exact) mass is 479 g/mol. The quantitative estimate of drug-likeness (QED) is 0.532. The maximum atomic E-state index is 13.2. The third kappa shape index (κ3) is 4.50. The van der Waals surface area contributed by atoms with Crippen LogP contribution in [0.25, 0.3) is 11.3 Å². The van der Waals surface area contributed by atoms with Crippen molar-refractivity contribution in [2.75, 3.05) is 45.3 Å². The molecule has 1 fully saturated rings. The summed E-state index contributed by atoms with van der Waals surface area (Å²) in [4.78, 5) is 6.98. The van der Waals surface area contributed by atoms with Crippen molar-refractivity contribution in [2.24, 2.45) is 0 Å². The summed E-state index contributed by atoms with van der Waals surface area (Å²) in [5, 5.41) is 3.57. The first-order valence-corrected chi connectivity index (χ1v) is 12.3. The Kier molecular flexibility index (Phi) is 6.38. The van der Waals surface area contributed by atoms with Gasteiger partial charge in [0.2, 0.25) is 10.0 Å². The molecule has 7 nitrogen and oxygen atoms in total. The van der Waals surface area contributed by atoms with Crippen molar-refractivity contribution in [3.8, 4) is 22.8 Å². The van der Waals surface area contributed by atoms with Crippen LogP contribution in [0.3, 0.4) is 0 Å². The predicted molar refractivity (Wildman–Crippen MR) is 123 cm³/mol. The van der Waals surface area contributed by atoms with Crippen LogP contribution in [0.2, 0.25) is 5.02 Å². The predicted octanol–water partition coefficient (Wildman–Crippen LogP) is 3.99. The molecule has 1 aliphatic rings. The van der Waals surface area contributed by atoms with Crippen LogP contribution in [-0.2, 0) is 10.0 Å². The van der Waals surface area contributed by atoms with Gasteiger partial charge in [-0.1, -0.05) is 23.7 Å². The Morgan fingerprint density at radius 2 is 1.71 bits per heavy atom. The summed E-state index contributed by atoms with van der Waals surface area (Å²) in [5.74, 6) is 0.815. The van der Waals surface area contributed by atoms with Crippen molar-refractivity contribution < 1.29 is 17.9 Å². The molecule has 1 saturated heterocycles. The van der Waals surface area contributed by atoms with Gasteiger partial charge in [-0.25, -0.2) is 13.4 Å². The highest BCUT2D eigenvalue weighted by atomic mass is 35.5. The maximum absolute atomic E-state index is 13.2. The van der Waals surface area contributed by atoms with E-state index < -0.39 is 10.0 Å². The first-order valence-electron chi connectivity index (χ1n) is 9.61. The van der Waals surface area contributed by atoms with Crippen LogP contribution in [0, 0.1) is 0 Å². The van der Waals surface area contributed by atoms with E-state index in [4.69, 9.17) is 26.1 Å². The van der Waals surface area contributed by atoms with E-state index in [-0.39, 0.29) is 10.6 Å². The number of aromatic nitrogens is 1. The fourth-order valence-corrected chi connectivity index (χ4v) is 5.98. The van der Waals surface area contributed by atoms with E-state index in [2.05, 4.69) is 4.90 Å². The first kappa shape index (κ1) is 21.9. The third-order valence-electron chi connectivity index (χ3n) is 5.13. The minimum atomic E-state index is -3.68. The zero-order valence-corrected chi connectivity index (χ0v) is 19.5. The van der Waals surface area contributed by atoms with Crippen molar-refractivity contribution >= 4 is 38.1 Å². The molecule has 0 radical (unpaired) electrons. The third-order valence-corrected chi connectivity index (χ3v) is 8.22. The van der Waals surface area contributed by atoms with Gasteiger partial charge in [0.25, 0.3) is 0 Å². The van der Waals surface area contributed by atoms with Gasteiger partial charge in [0, 0.05) is 48.2 Å². The number of methoxy groups -OCH3 is 2. The lowest BCUT2D eigenvalue weighted by Crippen LogP contribution is -2.48. The number of rotatable bonds is 6. The standard InChI is InChI=1S/C21H22ClN3O4S2/c1-28-17-7-8-20(19(13-17)29-2)31(26,27)25-11-9-24(10-12-25)21-23-18(14-30-21)15-3-5-16(22)6-4-15/h3-8,13-14H,9-12H2,1-2H3. The topological polar surface area (TPSA) is 72.0 Å². The normalized spacial score (nSPS) is 15.1. The van der Waals surface area contributed by atoms with E-state index in [9.17, 15) is 8.42 Å². The van der Waals surface area contributed by atoms with Gasteiger partial charge < -0.3 is 14.4 Å². The molecule has 4 rings (SSSR count). The number of piperazine rings is 1. The van der Waals surface area contributed by atoms with Crippen molar-refractivity contribution in [1.29, 1.82) is 0 Å². The SMILES string of the molecule is COc1ccc(S(=O)(=O)N2CCN(c3nc(-c4ccc(Cl)cc4)cs3)CC2)c(OC)c1. The van der Waals surface area contributed by atoms with Gasteiger partial charge in [-0.3, -0.25) is 0 Å². The zero-order chi connectivity index (χ0) is 22.0. The molecular weight excluding hydrogens is 458 g/mol. The summed E-state index contributed by atoms with van der Waals surface area (Å²) >= 11 is 7.51. The second-order valence-corrected chi connectivity index (χ2v) is 10.1. The Balaban J connectivity index is 1.47. The number of sulfonamides is 1. The smallest absolute Gasteiger partial charge is 0.246 e. The average molecular weight is 480 g/mol. The molecule has 3 aromatic rings. The van der Waals surface area contributed by atoms with Crippen molar-refractivity contribution in [2.45, 2.75) is 4.90 Å². The van der Waals surface area contributed by atoms with E-state index >= 15 is 0 Å². The Morgan fingerprint density at radius 3 is 2.35 bits per heavy atom. The summed E-state index contributed by atoms with van der Waals surface area (Å²) in [7, 11) is -0.703. The Bertz CT molecular complexity index is 1160. The number of benzene rings is 2. The summed E-state index contributed by atoms with van der Waals surface area (Å²) in [6.07, 6.45) is 0. The molecule has 164 valence electrons. The molecule has 0 saturated carbocycles. The summed E-state index contributed by atoms with van der Waals surface area (Å²) < 4.78 is 38.3. The molecule has 1 aromatic heterocycles.